The molecule has 3 heteroatoms. The second-order valence-electron chi connectivity index (χ2n) is 6.29. The molecule has 0 radical (unpaired) electrons. The number of carbonyl (C=O) groups is 1. The minimum absolute atomic E-state index is 0.0121. The van der Waals surface area contributed by atoms with Crippen LogP contribution in [-0.2, 0) is 16.6 Å². The maximum absolute atomic E-state index is 12.0. The van der Waals surface area contributed by atoms with E-state index in [1.54, 1.807) is 0 Å². The van der Waals surface area contributed by atoms with Crippen LogP contribution < -0.4 is 4.90 Å². The molecule has 1 amide bonds. The van der Waals surface area contributed by atoms with E-state index in [-0.39, 0.29) is 17.4 Å². The minimum Gasteiger partial charge on any atom is -0.294 e. The van der Waals surface area contributed by atoms with Crippen molar-refractivity contribution in [2.24, 2.45) is 0 Å². The third-order valence-corrected chi connectivity index (χ3v) is 3.35. The molecule has 0 unspecified atom stereocenters. The van der Waals surface area contributed by atoms with Crippen LogP contribution in [0.4, 0.5) is 5.82 Å². The van der Waals surface area contributed by atoms with Crippen molar-refractivity contribution in [3.8, 4) is 0 Å². The number of fused-ring (bicyclic) bond motifs is 1. The van der Waals surface area contributed by atoms with Crippen LogP contribution >= 0.6 is 0 Å². The molecule has 0 fully saturated rings. The Kier molecular flexibility index (Phi) is 3.18. The molecule has 1 aromatic heterocycles. The smallest absolute Gasteiger partial charge is 0.228 e. The van der Waals surface area contributed by atoms with Crippen molar-refractivity contribution in [1.29, 1.82) is 0 Å². The van der Waals surface area contributed by atoms with Crippen LogP contribution in [0.15, 0.2) is 12.1 Å². The van der Waals surface area contributed by atoms with Gasteiger partial charge in [-0.3, -0.25) is 9.69 Å². The minimum atomic E-state index is 0.0121. The summed E-state index contributed by atoms with van der Waals surface area (Å²) in [6, 6.07) is 4.39. The lowest BCUT2D eigenvalue weighted by molar-refractivity contribution is -0.119. The lowest BCUT2D eigenvalue weighted by atomic mass is 9.90. The van der Waals surface area contributed by atoms with Crippen LogP contribution in [0, 0.1) is 0 Å². The Morgan fingerprint density at radius 3 is 2.44 bits per heavy atom. The summed E-state index contributed by atoms with van der Waals surface area (Å²) in [4.78, 5) is 18.6. The van der Waals surface area contributed by atoms with Crippen molar-refractivity contribution in [2.45, 2.75) is 58.9 Å². The van der Waals surface area contributed by atoms with Crippen molar-refractivity contribution in [3.05, 3.63) is 23.4 Å². The quantitative estimate of drug-likeness (QED) is 0.763. The van der Waals surface area contributed by atoms with Crippen molar-refractivity contribution in [3.63, 3.8) is 0 Å². The van der Waals surface area contributed by atoms with Gasteiger partial charge in [-0.2, -0.15) is 0 Å². The summed E-state index contributed by atoms with van der Waals surface area (Å²) in [7, 11) is 0. The fraction of sp³-hybridized carbons (Fsp3) is 0.600. The first-order chi connectivity index (χ1) is 8.30. The van der Waals surface area contributed by atoms with Gasteiger partial charge < -0.3 is 0 Å². The molecule has 0 N–H and O–H groups in total. The van der Waals surface area contributed by atoms with E-state index in [1.165, 1.54) is 5.56 Å². The Labute approximate surface area is 109 Å². The molecule has 2 rings (SSSR count). The molecule has 18 heavy (non-hydrogen) atoms. The fourth-order valence-corrected chi connectivity index (χ4v) is 2.31. The molecule has 0 bridgehead atoms. The molecule has 1 aliphatic heterocycles. The highest BCUT2D eigenvalue weighted by molar-refractivity contribution is 5.95. The summed E-state index contributed by atoms with van der Waals surface area (Å²) in [5, 5.41) is 0. The van der Waals surface area contributed by atoms with E-state index < -0.39 is 0 Å². The molecule has 0 saturated carbocycles. The molecule has 0 atom stereocenters. The Hall–Kier alpha value is -1.38. The van der Waals surface area contributed by atoms with Gasteiger partial charge in [-0.15, -0.1) is 0 Å². The summed E-state index contributed by atoms with van der Waals surface area (Å²) >= 11 is 0. The first-order valence-electron chi connectivity index (χ1n) is 6.63. The van der Waals surface area contributed by atoms with Crippen molar-refractivity contribution >= 4 is 11.7 Å². The topological polar surface area (TPSA) is 33.2 Å². The normalized spacial score (nSPS) is 16.1. The second kappa shape index (κ2) is 4.38. The van der Waals surface area contributed by atoms with Crippen LogP contribution in [0.2, 0.25) is 0 Å². The molecule has 1 aliphatic rings. The number of aromatic nitrogens is 1. The maximum atomic E-state index is 12.0. The van der Waals surface area contributed by atoms with Crippen molar-refractivity contribution in [2.75, 3.05) is 4.90 Å². The zero-order valence-electron chi connectivity index (χ0n) is 11.9. The predicted octanol–water partition coefficient (Wildman–Crippen LogP) is 3.07. The molecular weight excluding hydrogens is 224 g/mol. The van der Waals surface area contributed by atoms with Gasteiger partial charge in [0.05, 0.1) is 0 Å². The summed E-state index contributed by atoms with van der Waals surface area (Å²) in [6.45, 7) is 10.5. The number of rotatable bonds is 1. The van der Waals surface area contributed by atoms with Crippen LogP contribution in [0.3, 0.4) is 0 Å². The van der Waals surface area contributed by atoms with Crippen LogP contribution in [0.25, 0.3) is 0 Å². The molecule has 0 saturated heterocycles. The Morgan fingerprint density at radius 2 is 1.89 bits per heavy atom. The summed E-state index contributed by atoms with van der Waals surface area (Å²) in [6.07, 6.45) is 1.41. The molecular formula is C15H22N2O. The van der Waals surface area contributed by atoms with E-state index in [9.17, 15) is 4.79 Å². The van der Waals surface area contributed by atoms with Gasteiger partial charge in [0.25, 0.3) is 0 Å². The van der Waals surface area contributed by atoms with Crippen LogP contribution in [0.1, 0.15) is 52.3 Å². The molecule has 1 aromatic rings. The van der Waals surface area contributed by atoms with Gasteiger partial charge in [-0.1, -0.05) is 26.8 Å². The van der Waals surface area contributed by atoms with E-state index >= 15 is 0 Å². The highest BCUT2D eigenvalue weighted by atomic mass is 16.2. The number of hydrogen-bond acceptors (Lipinski definition) is 2. The SMILES string of the molecule is CC(C)N1C(=O)CCc2ccc(C(C)(C)C)nc21. The van der Waals surface area contributed by atoms with Gasteiger partial charge >= 0.3 is 0 Å². The monoisotopic (exact) mass is 246 g/mol. The molecule has 0 aromatic carbocycles. The standard InChI is InChI=1S/C15H22N2O/c1-10(2)17-13(18)9-7-11-6-8-12(15(3,4)5)16-14(11)17/h6,8,10H,7,9H2,1-5H3. The third kappa shape index (κ3) is 2.26. The summed E-state index contributed by atoms with van der Waals surface area (Å²) < 4.78 is 0. The maximum Gasteiger partial charge on any atom is 0.228 e. The number of carbonyl (C=O) groups excluding carboxylic acids is 1. The third-order valence-electron chi connectivity index (χ3n) is 3.35. The second-order valence-corrected chi connectivity index (χ2v) is 6.29. The van der Waals surface area contributed by atoms with E-state index in [0.717, 1.165) is 17.9 Å². The first kappa shape index (κ1) is 13.1. The Morgan fingerprint density at radius 1 is 1.22 bits per heavy atom. The van der Waals surface area contributed by atoms with E-state index in [0.29, 0.717) is 6.42 Å². The van der Waals surface area contributed by atoms with Gasteiger partial charge in [0.2, 0.25) is 5.91 Å². The predicted molar refractivity (Wildman–Crippen MR) is 73.9 cm³/mol. The lowest BCUT2D eigenvalue weighted by Gasteiger charge is -2.33. The summed E-state index contributed by atoms with van der Waals surface area (Å²) in [5.74, 6) is 1.06. The largest absolute Gasteiger partial charge is 0.294 e. The van der Waals surface area contributed by atoms with E-state index in [2.05, 4.69) is 32.9 Å². The highest BCUT2D eigenvalue weighted by Crippen LogP contribution is 2.31. The van der Waals surface area contributed by atoms with Crippen LogP contribution in [0.5, 0.6) is 0 Å². The molecule has 2 heterocycles. The van der Waals surface area contributed by atoms with Gasteiger partial charge in [-0.25, -0.2) is 4.98 Å². The fourth-order valence-electron chi connectivity index (χ4n) is 2.31. The van der Waals surface area contributed by atoms with Gasteiger partial charge in [-0.05, 0) is 31.9 Å². The zero-order valence-corrected chi connectivity index (χ0v) is 11.9. The van der Waals surface area contributed by atoms with Crippen molar-refractivity contribution < 1.29 is 4.79 Å². The van der Waals surface area contributed by atoms with E-state index in [1.807, 2.05) is 18.7 Å². The highest BCUT2D eigenvalue weighted by Gasteiger charge is 2.29. The average Bonchev–Trinajstić information content (AvgIpc) is 2.26. The van der Waals surface area contributed by atoms with Crippen molar-refractivity contribution in [1.82, 2.24) is 4.98 Å². The molecule has 0 aliphatic carbocycles. The number of nitrogens with zero attached hydrogens (tertiary/aromatic N) is 2. The molecule has 98 valence electrons. The van der Waals surface area contributed by atoms with Gasteiger partial charge in [0.1, 0.15) is 5.82 Å². The Bertz CT molecular complexity index is 472. The average molecular weight is 246 g/mol. The number of amides is 1. The zero-order chi connectivity index (χ0) is 13.5. The van der Waals surface area contributed by atoms with E-state index in [4.69, 9.17) is 4.98 Å². The number of anilines is 1. The number of aryl methyl sites for hydroxylation is 1. The first-order valence-corrected chi connectivity index (χ1v) is 6.63. The summed E-state index contributed by atoms with van der Waals surface area (Å²) in [5.41, 5.74) is 2.25. The lowest BCUT2D eigenvalue weighted by Crippen LogP contribution is -2.41. The molecule has 0 spiro atoms. The number of pyridine rings is 1. The van der Waals surface area contributed by atoms with Gasteiger partial charge in [0, 0.05) is 23.6 Å². The van der Waals surface area contributed by atoms with Crippen LogP contribution in [-0.4, -0.2) is 16.9 Å². The molecule has 3 nitrogen and oxygen atoms in total. The Balaban J connectivity index is 2.52. The number of hydrogen-bond donors (Lipinski definition) is 0. The van der Waals surface area contributed by atoms with Gasteiger partial charge in [0.15, 0.2) is 0 Å².